The van der Waals surface area contributed by atoms with Gasteiger partial charge in [-0.05, 0) is 49.1 Å². The lowest BCUT2D eigenvalue weighted by molar-refractivity contribution is -0.118. The predicted octanol–water partition coefficient (Wildman–Crippen LogP) is 3.72. The fourth-order valence-corrected chi connectivity index (χ4v) is 3.71. The Bertz CT molecular complexity index is 725. The van der Waals surface area contributed by atoms with Gasteiger partial charge in [0.05, 0.1) is 5.75 Å². The minimum atomic E-state index is 0.00678. The molecule has 2 aromatic rings. The summed E-state index contributed by atoms with van der Waals surface area (Å²) in [5.41, 5.74) is 1.72. The monoisotopic (exact) mass is 368 g/mol. The number of nitrogens with one attached hydrogen (secondary N) is 1. The Morgan fingerprint density at radius 1 is 0.923 bits per heavy atom. The van der Waals surface area contributed by atoms with Gasteiger partial charge in [-0.1, -0.05) is 30.3 Å². The zero-order chi connectivity index (χ0) is 18.2. The highest BCUT2D eigenvalue weighted by Gasteiger charge is 2.17. The standard InChI is InChI=1S/C21H24N2O2S/c24-20(16-26-19-7-3-1-4-8-19)22-15-17-9-11-18(12-10-17)21(25)23-13-5-2-6-14-23/h1,3-4,7-12H,2,5-6,13-16H2,(H,22,24). The molecule has 1 aliphatic rings. The van der Waals surface area contributed by atoms with Gasteiger partial charge in [-0.15, -0.1) is 11.8 Å². The molecule has 136 valence electrons. The largest absolute Gasteiger partial charge is 0.351 e. The molecule has 4 nitrogen and oxygen atoms in total. The van der Waals surface area contributed by atoms with Gasteiger partial charge in [0, 0.05) is 30.1 Å². The molecule has 0 spiro atoms. The van der Waals surface area contributed by atoms with Crippen molar-refractivity contribution in [1.82, 2.24) is 10.2 Å². The Labute approximate surface area is 159 Å². The normalized spacial score (nSPS) is 14.1. The van der Waals surface area contributed by atoms with Crippen LogP contribution in [-0.2, 0) is 11.3 Å². The van der Waals surface area contributed by atoms with Crippen LogP contribution in [0.3, 0.4) is 0 Å². The molecular weight excluding hydrogens is 344 g/mol. The van der Waals surface area contributed by atoms with Crippen LogP contribution in [0, 0.1) is 0 Å². The Balaban J connectivity index is 1.45. The van der Waals surface area contributed by atoms with Gasteiger partial charge >= 0.3 is 0 Å². The Morgan fingerprint density at radius 3 is 2.31 bits per heavy atom. The van der Waals surface area contributed by atoms with E-state index in [1.54, 1.807) is 0 Å². The molecule has 1 aliphatic heterocycles. The average Bonchev–Trinajstić information content (AvgIpc) is 2.72. The van der Waals surface area contributed by atoms with Gasteiger partial charge in [0.2, 0.25) is 5.91 Å². The second-order valence-corrected chi connectivity index (χ2v) is 7.48. The highest BCUT2D eigenvalue weighted by molar-refractivity contribution is 8.00. The van der Waals surface area contributed by atoms with E-state index in [1.165, 1.54) is 18.2 Å². The van der Waals surface area contributed by atoms with Crippen molar-refractivity contribution in [2.75, 3.05) is 18.8 Å². The third-order valence-electron chi connectivity index (χ3n) is 4.45. The highest BCUT2D eigenvalue weighted by atomic mass is 32.2. The first-order valence-electron chi connectivity index (χ1n) is 9.05. The number of carbonyl (C=O) groups is 2. The summed E-state index contributed by atoms with van der Waals surface area (Å²) >= 11 is 1.52. The van der Waals surface area contributed by atoms with Crippen LogP contribution < -0.4 is 5.32 Å². The zero-order valence-electron chi connectivity index (χ0n) is 14.8. The van der Waals surface area contributed by atoms with E-state index in [9.17, 15) is 9.59 Å². The van der Waals surface area contributed by atoms with Crippen LogP contribution in [0.2, 0.25) is 0 Å². The maximum atomic E-state index is 12.5. The van der Waals surface area contributed by atoms with Crippen LogP contribution in [0.4, 0.5) is 0 Å². The minimum Gasteiger partial charge on any atom is -0.351 e. The number of carbonyl (C=O) groups excluding carboxylic acids is 2. The summed E-state index contributed by atoms with van der Waals surface area (Å²) in [5.74, 6) is 0.516. The molecule has 0 atom stereocenters. The highest BCUT2D eigenvalue weighted by Crippen LogP contribution is 2.16. The molecule has 1 N–H and O–H groups in total. The maximum Gasteiger partial charge on any atom is 0.253 e. The van der Waals surface area contributed by atoms with E-state index < -0.39 is 0 Å². The van der Waals surface area contributed by atoms with Crippen LogP contribution in [0.5, 0.6) is 0 Å². The van der Waals surface area contributed by atoms with E-state index >= 15 is 0 Å². The molecule has 0 bridgehead atoms. The van der Waals surface area contributed by atoms with Gasteiger partial charge in [-0.2, -0.15) is 0 Å². The number of nitrogens with zero attached hydrogens (tertiary/aromatic N) is 1. The summed E-state index contributed by atoms with van der Waals surface area (Å²) in [5, 5.41) is 2.93. The third kappa shape index (κ3) is 5.36. The van der Waals surface area contributed by atoms with Gasteiger partial charge in [-0.3, -0.25) is 9.59 Å². The molecule has 0 radical (unpaired) electrons. The number of hydrogen-bond donors (Lipinski definition) is 1. The van der Waals surface area contributed by atoms with Crippen molar-refractivity contribution < 1.29 is 9.59 Å². The quantitative estimate of drug-likeness (QED) is 0.791. The first-order chi connectivity index (χ1) is 12.7. The molecule has 3 rings (SSSR count). The second-order valence-electron chi connectivity index (χ2n) is 6.43. The molecule has 1 fully saturated rings. The van der Waals surface area contributed by atoms with Crippen molar-refractivity contribution in [3.63, 3.8) is 0 Å². The van der Waals surface area contributed by atoms with E-state index in [4.69, 9.17) is 0 Å². The Hall–Kier alpha value is -2.27. The molecule has 0 saturated carbocycles. The lowest BCUT2D eigenvalue weighted by atomic mass is 10.1. The van der Waals surface area contributed by atoms with Gasteiger partial charge in [0.25, 0.3) is 5.91 Å². The Kier molecular flexibility index (Phi) is 6.72. The van der Waals surface area contributed by atoms with Crippen molar-refractivity contribution in [2.45, 2.75) is 30.7 Å². The summed E-state index contributed by atoms with van der Waals surface area (Å²) in [6.45, 7) is 2.19. The van der Waals surface area contributed by atoms with Gasteiger partial charge in [0.1, 0.15) is 0 Å². The lowest BCUT2D eigenvalue weighted by Crippen LogP contribution is -2.35. The van der Waals surface area contributed by atoms with Gasteiger partial charge in [0.15, 0.2) is 0 Å². The van der Waals surface area contributed by atoms with Crippen molar-refractivity contribution in [1.29, 1.82) is 0 Å². The number of amides is 2. The van der Waals surface area contributed by atoms with Gasteiger partial charge in [-0.25, -0.2) is 0 Å². The van der Waals surface area contributed by atoms with Crippen molar-refractivity contribution in [2.24, 2.45) is 0 Å². The summed E-state index contributed by atoms with van der Waals surface area (Å²) in [6, 6.07) is 17.4. The summed E-state index contributed by atoms with van der Waals surface area (Å²) in [6.07, 6.45) is 3.40. The molecule has 5 heteroatoms. The summed E-state index contributed by atoms with van der Waals surface area (Å²) < 4.78 is 0. The van der Waals surface area contributed by atoms with E-state index in [2.05, 4.69) is 5.32 Å². The summed E-state index contributed by atoms with van der Waals surface area (Å²) in [4.78, 5) is 27.4. The number of benzene rings is 2. The number of hydrogen-bond acceptors (Lipinski definition) is 3. The van der Waals surface area contributed by atoms with E-state index in [0.29, 0.717) is 12.3 Å². The number of thioether (sulfide) groups is 1. The molecule has 1 heterocycles. The van der Waals surface area contributed by atoms with Crippen molar-refractivity contribution >= 4 is 23.6 Å². The fraction of sp³-hybridized carbons (Fsp3) is 0.333. The van der Waals surface area contributed by atoms with Crippen molar-refractivity contribution in [3.05, 3.63) is 65.7 Å². The average molecular weight is 369 g/mol. The lowest BCUT2D eigenvalue weighted by Gasteiger charge is -2.26. The molecule has 0 unspecified atom stereocenters. The second kappa shape index (κ2) is 9.43. The maximum absolute atomic E-state index is 12.5. The molecule has 26 heavy (non-hydrogen) atoms. The predicted molar refractivity (Wildman–Crippen MR) is 105 cm³/mol. The molecule has 2 aromatic carbocycles. The summed E-state index contributed by atoms with van der Waals surface area (Å²) in [7, 11) is 0. The zero-order valence-corrected chi connectivity index (χ0v) is 15.6. The van der Waals surface area contributed by atoms with Crippen molar-refractivity contribution in [3.8, 4) is 0 Å². The first kappa shape index (κ1) is 18.5. The molecule has 0 aliphatic carbocycles. The number of likely N-dealkylation sites (tertiary alicyclic amines) is 1. The first-order valence-corrected chi connectivity index (χ1v) is 10.0. The van der Waals surface area contributed by atoms with Crippen LogP contribution >= 0.6 is 11.8 Å². The number of piperidine rings is 1. The molecular formula is C21H24N2O2S. The van der Waals surface area contributed by atoms with Crippen LogP contribution in [0.15, 0.2) is 59.5 Å². The third-order valence-corrected chi connectivity index (χ3v) is 5.46. The topological polar surface area (TPSA) is 49.4 Å². The SMILES string of the molecule is O=C(CSc1ccccc1)NCc1ccc(C(=O)N2CCCCC2)cc1. The molecule has 1 saturated heterocycles. The minimum absolute atomic E-state index is 0.00678. The van der Waals surface area contributed by atoms with Crippen LogP contribution in [0.1, 0.15) is 35.2 Å². The molecule has 2 amide bonds. The van der Waals surface area contributed by atoms with E-state index in [1.807, 2.05) is 59.5 Å². The smallest absolute Gasteiger partial charge is 0.253 e. The number of rotatable bonds is 6. The van der Waals surface area contributed by atoms with Gasteiger partial charge < -0.3 is 10.2 Å². The van der Waals surface area contributed by atoms with E-state index in [0.717, 1.165) is 42.0 Å². The van der Waals surface area contributed by atoms with E-state index in [-0.39, 0.29) is 11.8 Å². The Morgan fingerprint density at radius 2 is 1.62 bits per heavy atom. The fourth-order valence-electron chi connectivity index (χ4n) is 2.96. The molecule has 0 aromatic heterocycles. The van der Waals surface area contributed by atoms with Crippen LogP contribution in [-0.4, -0.2) is 35.6 Å². The van der Waals surface area contributed by atoms with Crippen LogP contribution in [0.25, 0.3) is 0 Å².